The molecule has 2 rings (SSSR count). The highest BCUT2D eigenvalue weighted by molar-refractivity contribution is 6.14. The zero-order valence-electron chi connectivity index (χ0n) is 11.6. The number of halogens is 3. The van der Waals surface area contributed by atoms with Gasteiger partial charge in [0.25, 0.3) is 0 Å². The minimum atomic E-state index is -4.72. The largest absolute Gasteiger partial charge is 0.406 e. The Morgan fingerprint density at radius 2 is 1.64 bits per heavy atom. The van der Waals surface area contributed by atoms with Gasteiger partial charge in [-0.25, -0.2) is 4.79 Å². The summed E-state index contributed by atoms with van der Waals surface area (Å²) in [5.41, 5.74) is 0. The van der Waals surface area contributed by atoms with E-state index in [0.717, 1.165) is 6.42 Å². The third-order valence-corrected chi connectivity index (χ3v) is 3.19. The molecule has 0 atom stereocenters. The minimum Gasteiger partial charge on any atom is -0.353 e. The van der Waals surface area contributed by atoms with Crippen molar-refractivity contribution in [3.63, 3.8) is 0 Å². The van der Waals surface area contributed by atoms with E-state index in [4.69, 9.17) is 9.47 Å². The van der Waals surface area contributed by atoms with Crippen LogP contribution in [0.4, 0.5) is 18.0 Å². The highest BCUT2D eigenvalue weighted by atomic mass is 19.4. The lowest BCUT2D eigenvalue weighted by atomic mass is 10.2. The van der Waals surface area contributed by atoms with Gasteiger partial charge in [0, 0.05) is 13.0 Å². The second-order valence-corrected chi connectivity index (χ2v) is 4.91. The lowest BCUT2D eigenvalue weighted by Gasteiger charge is -2.34. The number of nitrogens with zero attached hydrogens (tertiary/aromatic N) is 2. The average Bonchev–Trinajstić information content (AvgIpc) is 2.43. The van der Waals surface area contributed by atoms with E-state index in [1.807, 2.05) is 0 Å². The van der Waals surface area contributed by atoms with Crippen molar-refractivity contribution >= 4 is 17.8 Å². The second-order valence-electron chi connectivity index (χ2n) is 4.91. The van der Waals surface area contributed by atoms with Gasteiger partial charge in [0.2, 0.25) is 11.8 Å². The maximum Gasteiger partial charge on any atom is 0.406 e. The first kappa shape index (κ1) is 16.7. The van der Waals surface area contributed by atoms with Gasteiger partial charge >= 0.3 is 12.2 Å². The van der Waals surface area contributed by atoms with Crippen molar-refractivity contribution in [2.75, 3.05) is 26.3 Å². The van der Waals surface area contributed by atoms with Gasteiger partial charge in [-0.15, -0.1) is 0 Å². The Balaban J connectivity index is 1.98. The van der Waals surface area contributed by atoms with Crippen molar-refractivity contribution in [1.82, 2.24) is 9.80 Å². The number of rotatable bonds is 4. The van der Waals surface area contributed by atoms with Crippen molar-refractivity contribution < 1.29 is 37.0 Å². The first-order valence-corrected chi connectivity index (χ1v) is 6.72. The fraction of sp³-hybridized carbons (Fsp3) is 0.750. The molecule has 2 aliphatic heterocycles. The number of imide groups is 2. The minimum absolute atomic E-state index is 0.0456. The predicted octanol–water partition coefficient (Wildman–Crippen LogP) is 0.883. The molecular formula is C12H15F3N2O5. The van der Waals surface area contributed by atoms with Crippen LogP contribution in [0.5, 0.6) is 0 Å². The van der Waals surface area contributed by atoms with E-state index in [1.165, 1.54) is 0 Å². The molecule has 124 valence electrons. The Morgan fingerprint density at radius 1 is 1.05 bits per heavy atom. The Hall–Kier alpha value is -1.68. The molecule has 10 heteroatoms. The molecule has 0 aromatic heterocycles. The highest BCUT2D eigenvalue weighted by Gasteiger charge is 2.43. The summed E-state index contributed by atoms with van der Waals surface area (Å²) >= 11 is 0. The lowest BCUT2D eigenvalue weighted by Crippen LogP contribution is -2.57. The predicted molar refractivity (Wildman–Crippen MR) is 64.4 cm³/mol. The Morgan fingerprint density at radius 3 is 2.23 bits per heavy atom. The third-order valence-electron chi connectivity index (χ3n) is 3.19. The quantitative estimate of drug-likeness (QED) is 0.718. The number of alkyl halides is 3. The van der Waals surface area contributed by atoms with E-state index < -0.39 is 43.3 Å². The van der Waals surface area contributed by atoms with Gasteiger partial charge in [0.05, 0.1) is 13.2 Å². The monoisotopic (exact) mass is 324 g/mol. The number of amides is 4. The van der Waals surface area contributed by atoms with Crippen molar-refractivity contribution in [1.29, 1.82) is 0 Å². The molecule has 0 aromatic rings. The third kappa shape index (κ3) is 4.17. The summed E-state index contributed by atoms with van der Waals surface area (Å²) in [5, 5.41) is 0. The van der Waals surface area contributed by atoms with Crippen LogP contribution in [0.2, 0.25) is 0 Å². The second kappa shape index (κ2) is 6.61. The van der Waals surface area contributed by atoms with Gasteiger partial charge in [-0.1, -0.05) is 0 Å². The van der Waals surface area contributed by atoms with E-state index in [1.54, 1.807) is 0 Å². The number of urea groups is 1. The van der Waals surface area contributed by atoms with Gasteiger partial charge in [0.1, 0.15) is 13.0 Å². The van der Waals surface area contributed by atoms with Gasteiger partial charge in [-0.2, -0.15) is 13.2 Å². The molecule has 0 aliphatic carbocycles. The number of carbonyl (C=O) groups excluding carboxylic acids is 3. The molecule has 0 spiro atoms. The fourth-order valence-corrected chi connectivity index (χ4v) is 2.17. The van der Waals surface area contributed by atoms with Crippen molar-refractivity contribution in [3.05, 3.63) is 0 Å². The molecule has 2 saturated heterocycles. The lowest BCUT2D eigenvalue weighted by molar-refractivity contribution is -0.183. The van der Waals surface area contributed by atoms with Crippen LogP contribution in [0.15, 0.2) is 0 Å². The molecule has 2 fully saturated rings. The van der Waals surface area contributed by atoms with Crippen molar-refractivity contribution in [3.8, 4) is 0 Å². The van der Waals surface area contributed by atoms with E-state index in [9.17, 15) is 27.6 Å². The van der Waals surface area contributed by atoms with Crippen LogP contribution in [-0.4, -0.2) is 66.4 Å². The molecule has 0 aromatic carbocycles. The van der Waals surface area contributed by atoms with Gasteiger partial charge in [0.15, 0.2) is 6.29 Å². The summed E-state index contributed by atoms with van der Waals surface area (Å²) in [5.74, 6) is -1.96. The molecule has 4 amide bonds. The van der Waals surface area contributed by atoms with Crippen molar-refractivity contribution in [2.24, 2.45) is 0 Å². The average molecular weight is 324 g/mol. The van der Waals surface area contributed by atoms with Crippen LogP contribution < -0.4 is 0 Å². The number of carbonyl (C=O) groups is 3. The summed E-state index contributed by atoms with van der Waals surface area (Å²) < 4.78 is 47.7. The van der Waals surface area contributed by atoms with E-state index in [-0.39, 0.29) is 17.9 Å². The first-order chi connectivity index (χ1) is 10.3. The standard InChI is InChI=1S/C12H15F3N2O5/c13-12(14,15)7-17-9(19)6-8(18)16(11(17)20)3-2-10-21-4-1-5-22-10/h10H,1-7H2. The SMILES string of the molecule is O=C1CC(=O)N(CC(F)(F)F)C(=O)N1CCC1OCCCO1. The molecule has 7 nitrogen and oxygen atoms in total. The van der Waals surface area contributed by atoms with Crippen molar-refractivity contribution in [2.45, 2.75) is 31.7 Å². The number of hydrogen-bond donors (Lipinski definition) is 0. The molecule has 0 bridgehead atoms. The Bertz CT molecular complexity index is 462. The maximum absolute atomic E-state index is 12.4. The fourth-order valence-electron chi connectivity index (χ4n) is 2.17. The van der Waals surface area contributed by atoms with Crippen LogP contribution in [-0.2, 0) is 19.1 Å². The number of hydrogen-bond acceptors (Lipinski definition) is 5. The van der Waals surface area contributed by atoms with E-state index >= 15 is 0 Å². The summed E-state index contributed by atoms with van der Waals surface area (Å²) in [7, 11) is 0. The van der Waals surface area contributed by atoms with Gasteiger partial charge in [-0.05, 0) is 6.42 Å². The summed E-state index contributed by atoms with van der Waals surface area (Å²) in [6.45, 7) is -0.911. The molecule has 22 heavy (non-hydrogen) atoms. The zero-order chi connectivity index (χ0) is 16.3. The zero-order valence-corrected chi connectivity index (χ0v) is 11.6. The molecule has 0 saturated carbocycles. The Kier molecular flexibility index (Phi) is 5.01. The smallest absolute Gasteiger partial charge is 0.353 e. The van der Waals surface area contributed by atoms with Crippen LogP contribution in [0.1, 0.15) is 19.3 Å². The van der Waals surface area contributed by atoms with Crippen LogP contribution in [0.25, 0.3) is 0 Å². The maximum atomic E-state index is 12.4. The van der Waals surface area contributed by atoms with E-state index in [2.05, 4.69) is 0 Å². The summed E-state index contributed by atoms with van der Waals surface area (Å²) in [4.78, 5) is 35.8. The normalized spacial score (nSPS) is 21.7. The molecule has 0 N–H and O–H groups in total. The van der Waals surface area contributed by atoms with Gasteiger partial charge < -0.3 is 9.47 Å². The van der Waals surface area contributed by atoms with Crippen LogP contribution in [0, 0.1) is 0 Å². The first-order valence-electron chi connectivity index (χ1n) is 6.72. The molecular weight excluding hydrogens is 309 g/mol. The van der Waals surface area contributed by atoms with E-state index in [0.29, 0.717) is 18.1 Å². The van der Waals surface area contributed by atoms with Gasteiger partial charge in [-0.3, -0.25) is 19.4 Å². The molecule has 2 heterocycles. The Labute approximate surface area is 123 Å². The highest BCUT2D eigenvalue weighted by Crippen LogP contribution is 2.21. The topological polar surface area (TPSA) is 76.2 Å². The molecule has 0 radical (unpaired) electrons. The molecule has 2 aliphatic rings. The number of barbiturate groups is 1. The summed E-state index contributed by atoms with van der Waals surface area (Å²) in [6, 6.07) is -1.26. The van der Waals surface area contributed by atoms with Crippen LogP contribution in [0.3, 0.4) is 0 Å². The molecule has 0 unspecified atom stereocenters. The summed E-state index contributed by atoms with van der Waals surface area (Å²) in [6.07, 6.45) is -5.21. The number of ether oxygens (including phenoxy) is 2. The van der Waals surface area contributed by atoms with Crippen LogP contribution >= 0.6 is 0 Å².